The number of allylic oxidation sites excluding steroid dienone is 3. The first-order valence-corrected chi connectivity index (χ1v) is 15.2. The lowest BCUT2D eigenvalue weighted by atomic mass is 9.88. The highest BCUT2D eigenvalue weighted by Gasteiger charge is 2.45. The van der Waals surface area contributed by atoms with Crippen molar-refractivity contribution >= 4 is 28.6 Å². The van der Waals surface area contributed by atoms with Crippen LogP contribution in [0.5, 0.6) is 0 Å². The van der Waals surface area contributed by atoms with Crippen molar-refractivity contribution in [2.75, 3.05) is 23.7 Å². The summed E-state index contributed by atoms with van der Waals surface area (Å²) < 4.78 is 21.1. The van der Waals surface area contributed by atoms with E-state index in [1.807, 2.05) is 24.4 Å². The highest BCUT2D eigenvalue weighted by atomic mass is 19.1. The Balaban J connectivity index is 1.12. The zero-order chi connectivity index (χ0) is 29.6. The topological polar surface area (TPSA) is 126 Å². The molecule has 1 aliphatic carbocycles. The molecule has 9 nitrogen and oxygen atoms in total. The number of aromatic nitrogens is 1. The first-order valence-electron chi connectivity index (χ1n) is 15.2. The largest absolute Gasteiger partial charge is 0.472 e. The van der Waals surface area contributed by atoms with Gasteiger partial charge in [0.2, 0.25) is 5.91 Å². The first kappa shape index (κ1) is 26.5. The maximum Gasteiger partial charge on any atom is 0.227 e. The highest BCUT2D eigenvalue weighted by molar-refractivity contribution is 6.17. The molecule has 2 aromatic heterocycles. The molecule has 44 heavy (non-hydrogen) atoms. The van der Waals surface area contributed by atoms with Crippen LogP contribution in [0.2, 0.25) is 0 Å². The number of hydrogen-bond acceptors (Lipinski definition) is 8. The number of carbonyl (C=O) groups excluding carboxylic acids is 1. The predicted molar refractivity (Wildman–Crippen MR) is 168 cm³/mol. The van der Waals surface area contributed by atoms with Crippen LogP contribution in [-0.2, 0) is 4.79 Å². The lowest BCUT2D eigenvalue weighted by Gasteiger charge is -2.23. The van der Waals surface area contributed by atoms with Gasteiger partial charge in [-0.2, -0.15) is 0 Å². The summed E-state index contributed by atoms with van der Waals surface area (Å²) in [4.78, 5) is 22.2. The Morgan fingerprint density at radius 2 is 1.98 bits per heavy atom. The Hall–Kier alpha value is -5.12. The maximum atomic E-state index is 15.7. The molecular formula is C34H32FN7O2. The van der Waals surface area contributed by atoms with Gasteiger partial charge in [-0.15, -0.1) is 0 Å². The van der Waals surface area contributed by atoms with E-state index in [1.54, 1.807) is 31.0 Å². The average Bonchev–Trinajstić information content (AvgIpc) is 3.76. The number of rotatable bonds is 5. The van der Waals surface area contributed by atoms with Crippen LogP contribution in [0.4, 0.5) is 15.8 Å². The van der Waals surface area contributed by atoms with Gasteiger partial charge in [0.05, 0.1) is 54.1 Å². The van der Waals surface area contributed by atoms with E-state index in [0.717, 1.165) is 70.9 Å². The van der Waals surface area contributed by atoms with E-state index in [1.165, 1.54) is 12.5 Å². The minimum absolute atomic E-state index is 0.00531. The molecule has 2 fully saturated rings. The van der Waals surface area contributed by atoms with Crippen molar-refractivity contribution < 1.29 is 13.6 Å². The van der Waals surface area contributed by atoms with Crippen molar-refractivity contribution in [1.82, 2.24) is 20.9 Å². The van der Waals surface area contributed by atoms with Crippen molar-refractivity contribution in [3.8, 4) is 11.1 Å². The number of dihydropyridines is 1. The van der Waals surface area contributed by atoms with E-state index in [9.17, 15) is 4.79 Å². The van der Waals surface area contributed by atoms with Crippen molar-refractivity contribution in [1.29, 1.82) is 0 Å². The number of halogens is 1. The summed E-state index contributed by atoms with van der Waals surface area (Å²) in [5.41, 5.74) is 8.81. The molecule has 8 rings (SSSR count). The molecule has 1 aromatic carbocycles. The molecule has 222 valence electrons. The van der Waals surface area contributed by atoms with Gasteiger partial charge in [-0.25, -0.2) is 4.39 Å². The number of aliphatic imine (C=N–C) groups is 1. The molecule has 1 saturated carbocycles. The second kappa shape index (κ2) is 10.9. The van der Waals surface area contributed by atoms with E-state index in [-0.39, 0.29) is 23.7 Å². The zero-order valence-corrected chi connectivity index (χ0v) is 24.0. The minimum atomic E-state index is -0.373. The fourth-order valence-corrected chi connectivity index (χ4v) is 6.64. The van der Waals surface area contributed by atoms with Crippen LogP contribution in [0.15, 0.2) is 99.7 Å². The molecule has 0 radical (unpaired) electrons. The van der Waals surface area contributed by atoms with Gasteiger partial charge in [0.15, 0.2) is 0 Å². The van der Waals surface area contributed by atoms with Gasteiger partial charge in [-0.3, -0.25) is 14.8 Å². The molecule has 10 heteroatoms. The number of anilines is 2. The van der Waals surface area contributed by atoms with Crippen LogP contribution in [0.3, 0.4) is 0 Å². The van der Waals surface area contributed by atoms with Crippen LogP contribution < -0.4 is 26.6 Å². The number of nitrogens with one attached hydrogen (secondary N) is 5. The molecule has 6 heterocycles. The van der Waals surface area contributed by atoms with E-state index >= 15 is 4.39 Å². The third-order valence-electron chi connectivity index (χ3n) is 8.88. The monoisotopic (exact) mass is 589 g/mol. The SMILES string of the molecule is O=C(Nc1cncc(-c2cc3c(cc2F)NCCN=C3C2=C3NC3C3=C(NC=CC=C3c3ccoc3)N2)c1)C1CCCCC1. The molecule has 4 aliphatic heterocycles. The number of furan rings is 1. The Morgan fingerprint density at radius 3 is 2.84 bits per heavy atom. The summed E-state index contributed by atoms with van der Waals surface area (Å²) in [6.45, 7) is 1.12. The number of fused-ring (bicyclic) bond motifs is 3. The third-order valence-corrected chi connectivity index (χ3v) is 8.88. The van der Waals surface area contributed by atoms with Crippen molar-refractivity contribution in [2.45, 2.75) is 38.1 Å². The van der Waals surface area contributed by atoms with Gasteiger partial charge in [0, 0.05) is 58.4 Å². The first-order chi connectivity index (χ1) is 21.6. The van der Waals surface area contributed by atoms with E-state index in [0.29, 0.717) is 35.6 Å². The summed E-state index contributed by atoms with van der Waals surface area (Å²) in [5.74, 6) is 0.505. The highest BCUT2D eigenvalue weighted by Crippen LogP contribution is 2.42. The van der Waals surface area contributed by atoms with E-state index in [2.05, 4.69) is 37.6 Å². The van der Waals surface area contributed by atoms with E-state index in [4.69, 9.17) is 9.41 Å². The third kappa shape index (κ3) is 4.76. The Bertz CT molecular complexity index is 1810. The summed E-state index contributed by atoms with van der Waals surface area (Å²) in [6.07, 6.45) is 17.7. The van der Waals surface area contributed by atoms with Crippen molar-refractivity contribution in [3.05, 3.63) is 107 Å². The molecule has 1 atom stereocenters. The maximum absolute atomic E-state index is 15.7. The molecule has 5 aliphatic rings. The average molecular weight is 590 g/mol. The Morgan fingerprint density at radius 1 is 1.07 bits per heavy atom. The number of nitrogens with zero attached hydrogens (tertiary/aromatic N) is 2. The number of amides is 1. The number of pyridine rings is 1. The molecule has 5 N–H and O–H groups in total. The Kier molecular flexibility index (Phi) is 6.54. The lowest BCUT2D eigenvalue weighted by Crippen LogP contribution is -2.32. The minimum Gasteiger partial charge on any atom is -0.472 e. The van der Waals surface area contributed by atoms with Gasteiger partial charge in [0.1, 0.15) is 11.6 Å². The molecule has 3 aromatic rings. The lowest BCUT2D eigenvalue weighted by molar-refractivity contribution is -0.120. The molecule has 1 amide bonds. The summed E-state index contributed by atoms with van der Waals surface area (Å²) in [7, 11) is 0. The fourth-order valence-electron chi connectivity index (χ4n) is 6.64. The van der Waals surface area contributed by atoms with Crippen LogP contribution in [0.1, 0.15) is 43.2 Å². The van der Waals surface area contributed by atoms with Gasteiger partial charge >= 0.3 is 0 Å². The standard InChI is InChI=1S/C34H32FN7O2/c35-26-15-27-25(14-24(26)21-13-22(17-36-16-21)40-34(43)19-5-2-1-3-6-19)29(38-11-10-37-27)31-32-30(41-32)28-23(20-8-12-44-18-20)7-4-9-39-33(28)42-31/h4,7-9,12-19,30,37,39,41-42H,1-3,5-6,10-11H2,(H,40,43). The van der Waals surface area contributed by atoms with Crippen LogP contribution >= 0.6 is 0 Å². The van der Waals surface area contributed by atoms with Crippen LogP contribution in [0.25, 0.3) is 16.7 Å². The van der Waals surface area contributed by atoms with Crippen molar-refractivity contribution in [2.24, 2.45) is 10.9 Å². The molecule has 1 saturated heterocycles. The van der Waals surface area contributed by atoms with E-state index < -0.39 is 0 Å². The second-order valence-electron chi connectivity index (χ2n) is 11.7. The normalized spacial score (nSPS) is 20.7. The fraction of sp³-hybridized carbons (Fsp3) is 0.265. The number of benzene rings is 1. The molecule has 1 unspecified atom stereocenters. The molecule has 0 bridgehead atoms. The molecular weight excluding hydrogens is 557 g/mol. The van der Waals surface area contributed by atoms with Gasteiger partial charge in [-0.1, -0.05) is 25.3 Å². The number of benzodiazepines with no additional fused rings is 1. The van der Waals surface area contributed by atoms with Gasteiger partial charge in [-0.05, 0) is 48.8 Å². The summed E-state index contributed by atoms with van der Waals surface area (Å²) >= 11 is 0. The predicted octanol–water partition coefficient (Wildman–Crippen LogP) is 5.41. The van der Waals surface area contributed by atoms with Gasteiger partial charge < -0.3 is 31.0 Å². The van der Waals surface area contributed by atoms with Crippen LogP contribution in [-0.4, -0.2) is 35.7 Å². The quantitative estimate of drug-likeness (QED) is 0.252. The van der Waals surface area contributed by atoms with Crippen LogP contribution in [0, 0.1) is 11.7 Å². The van der Waals surface area contributed by atoms with Gasteiger partial charge in [0.25, 0.3) is 0 Å². The summed E-state index contributed by atoms with van der Waals surface area (Å²) in [6, 6.07) is 7.11. The van der Waals surface area contributed by atoms with Crippen molar-refractivity contribution in [3.63, 3.8) is 0 Å². The smallest absolute Gasteiger partial charge is 0.227 e. The zero-order valence-electron chi connectivity index (χ0n) is 24.0. The number of hydrogen-bond donors (Lipinski definition) is 5. The molecule has 0 spiro atoms. The second-order valence-corrected chi connectivity index (χ2v) is 11.7. The number of carbonyl (C=O) groups is 1. The summed E-state index contributed by atoms with van der Waals surface area (Å²) in [5, 5.41) is 16.9. The Labute approximate surface area is 254 Å².